The zero-order valence-corrected chi connectivity index (χ0v) is 10.5. The normalized spacial score (nSPS) is 11.6. The van der Waals surface area contributed by atoms with Gasteiger partial charge in [-0.15, -0.1) is 0 Å². The molecule has 0 spiro atoms. The lowest BCUT2D eigenvalue weighted by atomic mass is 10.1. The maximum atomic E-state index is 12.2. The summed E-state index contributed by atoms with van der Waals surface area (Å²) in [5.74, 6) is -0.00137. The second-order valence-corrected chi connectivity index (χ2v) is 4.32. The monoisotopic (exact) mass is 270 g/mol. The van der Waals surface area contributed by atoms with Crippen molar-refractivity contribution in [1.82, 2.24) is 4.98 Å². The number of hydrogen-bond acceptors (Lipinski definition) is 3. The topological polar surface area (TPSA) is 25.4 Å². The molecule has 0 radical (unpaired) electrons. The molecule has 0 atom stereocenters. The van der Waals surface area contributed by atoms with E-state index >= 15 is 0 Å². The van der Waals surface area contributed by atoms with Crippen LogP contribution in [-0.4, -0.2) is 31.9 Å². The van der Waals surface area contributed by atoms with Gasteiger partial charge in [-0.1, -0.05) is 6.07 Å². The Labute approximate surface area is 108 Å². The van der Waals surface area contributed by atoms with Crippen molar-refractivity contribution in [3.8, 4) is 5.88 Å². The molecule has 3 nitrogen and oxygen atoms in total. The molecule has 0 aliphatic heterocycles. The van der Waals surface area contributed by atoms with Crippen LogP contribution in [0.2, 0.25) is 0 Å². The Morgan fingerprint density at radius 3 is 2.58 bits per heavy atom. The summed E-state index contributed by atoms with van der Waals surface area (Å²) in [7, 11) is 3.71. The lowest BCUT2D eigenvalue weighted by Crippen LogP contribution is -2.19. The average Bonchev–Trinajstić information content (AvgIpc) is 2.34. The Bertz CT molecular complexity index is 582. The van der Waals surface area contributed by atoms with E-state index in [1.54, 1.807) is 12.1 Å². The zero-order chi connectivity index (χ0) is 14.0. The Hall–Kier alpha value is -1.98. The van der Waals surface area contributed by atoms with E-state index in [1.807, 2.05) is 31.1 Å². The van der Waals surface area contributed by atoms with Crippen molar-refractivity contribution in [2.45, 2.75) is 6.18 Å². The van der Waals surface area contributed by atoms with Gasteiger partial charge in [0, 0.05) is 31.4 Å². The van der Waals surface area contributed by atoms with Gasteiger partial charge in [-0.2, -0.15) is 13.2 Å². The van der Waals surface area contributed by atoms with Crippen molar-refractivity contribution in [3.63, 3.8) is 0 Å². The first-order valence-electron chi connectivity index (χ1n) is 5.62. The minimum Gasteiger partial charge on any atom is -0.468 e. The molecule has 19 heavy (non-hydrogen) atoms. The van der Waals surface area contributed by atoms with Crippen LogP contribution in [0.3, 0.4) is 0 Å². The highest BCUT2D eigenvalue weighted by molar-refractivity contribution is 5.89. The third-order valence-corrected chi connectivity index (χ3v) is 2.60. The van der Waals surface area contributed by atoms with Crippen LogP contribution >= 0.6 is 0 Å². The molecule has 6 heteroatoms. The van der Waals surface area contributed by atoms with Gasteiger partial charge < -0.3 is 9.64 Å². The van der Waals surface area contributed by atoms with Gasteiger partial charge in [0.1, 0.15) is 0 Å². The fourth-order valence-corrected chi connectivity index (χ4v) is 1.67. The van der Waals surface area contributed by atoms with Gasteiger partial charge in [0.05, 0.1) is 0 Å². The molecular weight excluding hydrogens is 257 g/mol. The molecule has 1 aromatic heterocycles. The van der Waals surface area contributed by atoms with Gasteiger partial charge in [-0.25, -0.2) is 4.98 Å². The highest BCUT2D eigenvalue weighted by Crippen LogP contribution is 2.28. The Balaban J connectivity index is 2.40. The van der Waals surface area contributed by atoms with Crippen LogP contribution in [-0.2, 0) is 0 Å². The number of ether oxygens (including phenoxy) is 1. The van der Waals surface area contributed by atoms with Gasteiger partial charge in [0.25, 0.3) is 0 Å². The van der Waals surface area contributed by atoms with Gasteiger partial charge >= 0.3 is 6.18 Å². The van der Waals surface area contributed by atoms with E-state index < -0.39 is 12.8 Å². The Morgan fingerprint density at radius 2 is 1.95 bits per heavy atom. The number of anilines is 1. The Morgan fingerprint density at radius 1 is 1.21 bits per heavy atom. The standard InChI is InChI=1S/C13H13F3N2O/c1-18(2)10-4-3-9-5-6-17-12(11(9)7-10)19-8-13(14,15)16/h3-7H,8H2,1-2H3. The number of rotatable bonds is 3. The molecule has 0 bridgehead atoms. The van der Waals surface area contributed by atoms with Gasteiger partial charge in [0.2, 0.25) is 5.88 Å². The quantitative estimate of drug-likeness (QED) is 0.856. The van der Waals surface area contributed by atoms with E-state index in [4.69, 9.17) is 4.74 Å². The summed E-state index contributed by atoms with van der Waals surface area (Å²) < 4.78 is 41.3. The van der Waals surface area contributed by atoms with Crippen molar-refractivity contribution in [1.29, 1.82) is 0 Å². The Kier molecular flexibility index (Phi) is 3.50. The zero-order valence-electron chi connectivity index (χ0n) is 10.5. The molecule has 0 unspecified atom stereocenters. The predicted molar refractivity (Wildman–Crippen MR) is 67.6 cm³/mol. The summed E-state index contributed by atoms with van der Waals surface area (Å²) in [5.41, 5.74) is 0.873. The fraction of sp³-hybridized carbons (Fsp3) is 0.308. The highest BCUT2D eigenvalue weighted by Gasteiger charge is 2.29. The summed E-state index contributed by atoms with van der Waals surface area (Å²) >= 11 is 0. The largest absolute Gasteiger partial charge is 0.468 e. The number of benzene rings is 1. The first kappa shape index (κ1) is 13.5. The van der Waals surface area contributed by atoms with E-state index in [0.29, 0.717) is 5.39 Å². The molecule has 0 aliphatic carbocycles. The van der Waals surface area contributed by atoms with Crippen LogP contribution in [0.1, 0.15) is 0 Å². The van der Waals surface area contributed by atoms with Crippen molar-refractivity contribution < 1.29 is 17.9 Å². The SMILES string of the molecule is CN(C)c1ccc2ccnc(OCC(F)(F)F)c2c1. The summed E-state index contributed by atoms with van der Waals surface area (Å²) in [4.78, 5) is 5.73. The van der Waals surface area contributed by atoms with Gasteiger partial charge in [-0.3, -0.25) is 0 Å². The second kappa shape index (κ2) is 4.95. The van der Waals surface area contributed by atoms with Crippen LogP contribution in [0, 0.1) is 0 Å². The molecular formula is C13H13F3N2O. The van der Waals surface area contributed by atoms with Crippen molar-refractivity contribution in [2.24, 2.45) is 0 Å². The number of halogens is 3. The number of nitrogens with zero attached hydrogens (tertiary/aromatic N) is 2. The fourth-order valence-electron chi connectivity index (χ4n) is 1.67. The molecule has 0 N–H and O–H groups in total. The molecule has 1 aromatic carbocycles. The molecule has 1 heterocycles. The first-order valence-corrected chi connectivity index (χ1v) is 5.62. The number of hydrogen-bond donors (Lipinski definition) is 0. The summed E-state index contributed by atoms with van der Waals surface area (Å²) in [6.45, 7) is -1.34. The van der Waals surface area contributed by atoms with Gasteiger partial charge in [0.15, 0.2) is 6.61 Å². The van der Waals surface area contributed by atoms with Crippen LogP contribution in [0.5, 0.6) is 5.88 Å². The van der Waals surface area contributed by atoms with E-state index in [0.717, 1.165) is 11.1 Å². The average molecular weight is 270 g/mol. The summed E-state index contributed by atoms with van der Waals surface area (Å²) in [5, 5.41) is 1.36. The molecule has 0 fully saturated rings. The maximum Gasteiger partial charge on any atom is 0.422 e. The third-order valence-electron chi connectivity index (χ3n) is 2.60. The predicted octanol–water partition coefficient (Wildman–Crippen LogP) is 3.24. The van der Waals surface area contributed by atoms with Crippen molar-refractivity contribution in [2.75, 3.05) is 25.6 Å². The van der Waals surface area contributed by atoms with E-state index in [2.05, 4.69) is 4.98 Å². The molecule has 0 amide bonds. The van der Waals surface area contributed by atoms with E-state index in [-0.39, 0.29) is 5.88 Å². The van der Waals surface area contributed by atoms with Crippen LogP contribution in [0.25, 0.3) is 10.8 Å². The lowest BCUT2D eigenvalue weighted by molar-refractivity contribution is -0.153. The molecule has 2 aromatic rings. The second-order valence-electron chi connectivity index (χ2n) is 4.32. The molecule has 0 saturated carbocycles. The summed E-state index contributed by atoms with van der Waals surface area (Å²) in [6.07, 6.45) is -2.94. The number of fused-ring (bicyclic) bond motifs is 1. The van der Waals surface area contributed by atoms with Gasteiger partial charge in [-0.05, 0) is 23.6 Å². The summed E-state index contributed by atoms with van der Waals surface area (Å²) in [6, 6.07) is 7.20. The number of aromatic nitrogens is 1. The minimum absolute atomic E-state index is 0.00137. The maximum absolute atomic E-state index is 12.2. The molecule has 2 rings (SSSR count). The first-order chi connectivity index (χ1) is 8.87. The third kappa shape index (κ3) is 3.27. The van der Waals surface area contributed by atoms with Crippen molar-refractivity contribution in [3.05, 3.63) is 30.5 Å². The van der Waals surface area contributed by atoms with E-state index in [9.17, 15) is 13.2 Å². The van der Waals surface area contributed by atoms with Crippen LogP contribution < -0.4 is 9.64 Å². The smallest absolute Gasteiger partial charge is 0.422 e. The molecule has 0 aliphatic rings. The van der Waals surface area contributed by atoms with E-state index in [1.165, 1.54) is 6.20 Å². The molecule has 0 saturated heterocycles. The minimum atomic E-state index is -4.37. The van der Waals surface area contributed by atoms with Crippen LogP contribution in [0.4, 0.5) is 18.9 Å². The lowest BCUT2D eigenvalue weighted by Gasteiger charge is -2.15. The highest BCUT2D eigenvalue weighted by atomic mass is 19.4. The van der Waals surface area contributed by atoms with Crippen LogP contribution in [0.15, 0.2) is 30.5 Å². The van der Waals surface area contributed by atoms with Crippen molar-refractivity contribution >= 4 is 16.5 Å². The number of pyridine rings is 1. The molecule has 102 valence electrons. The number of alkyl halides is 3.